The Morgan fingerprint density at radius 2 is 1.60 bits per heavy atom. The molecule has 0 radical (unpaired) electrons. The van der Waals surface area contributed by atoms with Crippen LogP contribution in [0.3, 0.4) is 0 Å². The number of halogens is 3. The van der Waals surface area contributed by atoms with E-state index in [0.717, 1.165) is 17.7 Å². The van der Waals surface area contributed by atoms with Crippen LogP contribution in [0, 0.1) is 6.92 Å². The van der Waals surface area contributed by atoms with Gasteiger partial charge in [0.1, 0.15) is 0 Å². The summed E-state index contributed by atoms with van der Waals surface area (Å²) >= 11 is 0. The number of benzene rings is 2. The van der Waals surface area contributed by atoms with E-state index in [9.17, 15) is 21.6 Å². The molecular weight excluding hydrogens is 351 g/mol. The van der Waals surface area contributed by atoms with Gasteiger partial charge in [-0.1, -0.05) is 29.8 Å². The third-order valence-electron chi connectivity index (χ3n) is 4.45. The Labute approximate surface area is 145 Å². The Kier molecular flexibility index (Phi) is 4.64. The molecule has 2 aromatic rings. The minimum atomic E-state index is -4.40. The Morgan fingerprint density at radius 3 is 2.16 bits per heavy atom. The molecule has 0 bridgehead atoms. The molecule has 7 heteroatoms. The SMILES string of the molecule is Cc1ccc(S(=O)(=O)N2CCC[C@H]2c2ccc(C(F)(F)F)cc2)cc1. The van der Waals surface area contributed by atoms with Crippen molar-refractivity contribution >= 4 is 10.0 Å². The van der Waals surface area contributed by atoms with Crippen molar-refractivity contribution in [1.82, 2.24) is 4.31 Å². The van der Waals surface area contributed by atoms with Gasteiger partial charge in [0.25, 0.3) is 0 Å². The molecule has 2 aromatic carbocycles. The molecule has 1 heterocycles. The quantitative estimate of drug-likeness (QED) is 0.797. The van der Waals surface area contributed by atoms with Crippen molar-refractivity contribution in [3.8, 4) is 0 Å². The lowest BCUT2D eigenvalue weighted by Gasteiger charge is -2.25. The smallest absolute Gasteiger partial charge is 0.207 e. The molecule has 134 valence electrons. The molecule has 0 saturated carbocycles. The fraction of sp³-hybridized carbons (Fsp3) is 0.333. The van der Waals surface area contributed by atoms with Crippen molar-refractivity contribution < 1.29 is 21.6 Å². The van der Waals surface area contributed by atoms with E-state index in [1.807, 2.05) is 6.92 Å². The second-order valence-corrected chi connectivity index (χ2v) is 8.10. The summed E-state index contributed by atoms with van der Waals surface area (Å²) in [4.78, 5) is 0.205. The molecule has 0 aliphatic carbocycles. The summed E-state index contributed by atoms with van der Waals surface area (Å²) < 4.78 is 65.3. The van der Waals surface area contributed by atoms with Gasteiger partial charge in [0.2, 0.25) is 10.0 Å². The van der Waals surface area contributed by atoms with Crippen molar-refractivity contribution in [1.29, 1.82) is 0 Å². The molecular formula is C18H18F3NO2S. The Morgan fingerprint density at radius 1 is 1.00 bits per heavy atom. The first-order chi connectivity index (χ1) is 11.7. The zero-order chi connectivity index (χ0) is 18.2. The first kappa shape index (κ1) is 17.9. The highest BCUT2D eigenvalue weighted by Gasteiger charge is 2.37. The van der Waals surface area contributed by atoms with Crippen LogP contribution in [0.4, 0.5) is 13.2 Å². The fourth-order valence-corrected chi connectivity index (χ4v) is 4.78. The lowest BCUT2D eigenvalue weighted by Crippen LogP contribution is -2.30. The van der Waals surface area contributed by atoms with Gasteiger partial charge in [-0.2, -0.15) is 17.5 Å². The van der Waals surface area contributed by atoms with Crippen LogP contribution < -0.4 is 0 Å². The maximum absolute atomic E-state index is 12.9. The predicted molar refractivity (Wildman–Crippen MR) is 88.5 cm³/mol. The number of sulfonamides is 1. The van der Waals surface area contributed by atoms with E-state index in [4.69, 9.17) is 0 Å². The van der Waals surface area contributed by atoms with Gasteiger partial charge in [-0.15, -0.1) is 0 Å². The molecule has 1 aliphatic heterocycles. The van der Waals surface area contributed by atoms with Gasteiger partial charge in [0.15, 0.2) is 0 Å². The highest BCUT2D eigenvalue weighted by molar-refractivity contribution is 7.89. The number of alkyl halides is 3. The van der Waals surface area contributed by atoms with Gasteiger partial charge in [0, 0.05) is 6.54 Å². The molecule has 1 saturated heterocycles. The van der Waals surface area contributed by atoms with Crippen LogP contribution in [-0.2, 0) is 16.2 Å². The molecule has 1 fully saturated rings. The van der Waals surface area contributed by atoms with Crippen LogP contribution in [0.5, 0.6) is 0 Å². The predicted octanol–water partition coefficient (Wildman–Crippen LogP) is 4.54. The fourth-order valence-electron chi connectivity index (χ4n) is 3.10. The lowest BCUT2D eigenvalue weighted by molar-refractivity contribution is -0.137. The molecule has 3 rings (SSSR count). The van der Waals surface area contributed by atoms with E-state index in [-0.39, 0.29) is 4.90 Å². The summed E-state index contributed by atoms with van der Waals surface area (Å²) in [5.74, 6) is 0. The van der Waals surface area contributed by atoms with E-state index in [0.29, 0.717) is 24.9 Å². The second kappa shape index (κ2) is 6.46. The van der Waals surface area contributed by atoms with E-state index in [1.165, 1.54) is 16.4 Å². The first-order valence-electron chi connectivity index (χ1n) is 7.95. The Balaban J connectivity index is 1.91. The molecule has 3 nitrogen and oxygen atoms in total. The standard InChI is InChI=1S/C18H18F3NO2S/c1-13-4-10-16(11-5-13)25(23,24)22-12-2-3-17(22)14-6-8-15(9-7-14)18(19,20)21/h4-11,17H,2-3,12H2,1H3/t17-/m0/s1. The lowest BCUT2D eigenvalue weighted by atomic mass is 10.0. The summed E-state index contributed by atoms with van der Waals surface area (Å²) in [6, 6.07) is 10.9. The summed E-state index contributed by atoms with van der Waals surface area (Å²) in [7, 11) is -3.68. The first-order valence-corrected chi connectivity index (χ1v) is 9.39. The highest BCUT2D eigenvalue weighted by Crippen LogP contribution is 2.38. The van der Waals surface area contributed by atoms with Crippen molar-refractivity contribution in [3.05, 3.63) is 65.2 Å². The molecule has 0 amide bonds. The topological polar surface area (TPSA) is 37.4 Å². The van der Waals surface area contributed by atoms with E-state index >= 15 is 0 Å². The Hall–Kier alpha value is -1.86. The Bertz CT molecular complexity index is 843. The van der Waals surface area contributed by atoms with Gasteiger partial charge in [-0.25, -0.2) is 8.42 Å². The molecule has 0 spiro atoms. The molecule has 0 unspecified atom stereocenters. The van der Waals surface area contributed by atoms with Gasteiger partial charge in [-0.05, 0) is 49.6 Å². The van der Waals surface area contributed by atoms with Gasteiger partial charge >= 0.3 is 6.18 Å². The third-order valence-corrected chi connectivity index (χ3v) is 6.38. The summed E-state index contributed by atoms with van der Waals surface area (Å²) in [5, 5.41) is 0. The average molecular weight is 369 g/mol. The summed E-state index contributed by atoms with van der Waals surface area (Å²) in [5.41, 5.74) is 0.808. The zero-order valence-corrected chi connectivity index (χ0v) is 14.4. The highest BCUT2D eigenvalue weighted by atomic mass is 32.2. The van der Waals surface area contributed by atoms with E-state index < -0.39 is 27.8 Å². The number of aryl methyl sites for hydroxylation is 1. The third kappa shape index (κ3) is 3.57. The summed E-state index contributed by atoms with van der Waals surface area (Å²) in [6.07, 6.45) is -3.13. The number of hydrogen-bond donors (Lipinski definition) is 0. The summed E-state index contributed by atoms with van der Waals surface area (Å²) in [6.45, 7) is 2.24. The molecule has 0 N–H and O–H groups in total. The molecule has 1 atom stereocenters. The number of nitrogens with zero attached hydrogens (tertiary/aromatic N) is 1. The van der Waals surface area contributed by atoms with Crippen LogP contribution in [0.2, 0.25) is 0 Å². The normalized spacial score (nSPS) is 19.3. The maximum atomic E-state index is 12.9. The van der Waals surface area contributed by atoms with Gasteiger partial charge in [-0.3, -0.25) is 0 Å². The van der Waals surface area contributed by atoms with E-state index in [1.54, 1.807) is 24.3 Å². The maximum Gasteiger partial charge on any atom is 0.416 e. The van der Waals surface area contributed by atoms with Gasteiger partial charge < -0.3 is 0 Å². The average Bonchev–Trinajstić information content (AvgIpc) is 3.05. The van der Waals surface area contributed by atoms with Crippen molar-refractivity contribution in [2.24, 2.45) is 0 Å². The molecule has 0 aromatic heterocycles. The zero-order valence-electron chi connectivity index (χ0n) is 13.6. The van der Waals surface area contributed by atoms with Crippen LogP contribution in [0.1, 0.15) is 35.6 Å². The van der Waals surface area contributed by atoms with Crippen molar-refractivity contribution in [3.63, 3.8) is 0 Å². The largest absolute Gasteiger partial charge is 0.416 e. The number of rotatable bonds is 3. The second-order valence-electron chi connectivity index (χ2n) is 6.21. The monoisotopic (exact) mass is 369 g/mol. The van der Waals surface area contributed by atoms with Gasteiger partial charge in [0.05, 0.1) is 16.5 Å². The van der Waals surface area contributed by atoms with E-state index in [2.05, 4.69) is 0 Å². The minimum Gasteiger partial charge on any atom is -0.207 e. The van der Waals surface area contributed by atoms with Crippen LogP contribution >= 0.6 is 0 Å². The van der Waals surface area contributed by atoms with Crippen molar-refractivity contribution in [2.45, 2.75) is 36.9 Å². The number of hydrogen-bond acceptors (Lipinski definition) is 2. The van der Waals surface area contributed by atoms with Crippen molar-refractivity contribution in [2.75, 3.05) is 6.54 Å². The van der Waals surface area contributed by atoms with Crippen LogP contribution in [-0.4, -0.2) is 19.3 Å². The van der Waals surface area contributed by atoms with Crippen LogP contribution in [0.15, 0.2) is 53.4 Å². The van der Waals surface area contributed by atoms with Crippen LogP contribution in [0.25, 0.3) is 0 Å². The minimum absolute atomic E-state index is 0.205. The molecule has 1 aliphatic rings. The molecule has 25 heavy (non-hydrogen) atoms.